The zero-order chi connectivity index (χ0) is 24.2. The number of piperazine rings is 1. The molecule has 2 heterocycles. The van der Waals surface area contributed by atoms with E-state index in [0.29, 0.717) is 30.4 Å². The molecule has 1 saturated heterocycles. The predicted molar refractivity (Wildman–Crippen MR) is 127 cm³/mol. The quantitative estimate of drug-likeness (QED) is 0.586. The van der Waals surface area contributed by atoms with Crippen LogP contribution >= 0.6 is 0 Å². The second kappa shape index (κ2) is 9.86. The minimum atomic E-state index is -0.372. The Hall–Kier alpha value is -4.01. The number of aryl methyl sites for hydroxylation is 1. The van der Waals surface area contributed by atoms with Crippen LogP contribution in [0.25, 0.3) is 5.69 Å². The van der Waals surface area contributed by atoms with Crippen molar-refractivity contribution in [1.82, 2.24) is 30.3 Å². The molecule has 1 fully saturated rings. The second-order valence-electron chi connectivity index (χ2n) is 8.56. The number of para-hydroxylation sites is 1. The molecule has 0 aliphatic carbocycles. The van der Waals surface area contributed by atoms with E-state index in [1.54, 1.807) is 28.9 Å². The first-order valence-electron chi connectivity index (χ1n) is 11.3. The molecule has 0 spiro atoms. The van der Waals surface area contributed by atoms with Crippen molar-refractivity contribution in [1.29, 1.82) is 0 Å². The maximum absolute atomic E-state index is 12.7. The molecule has 3 aromatic rings. The molecule has 1 aliphatic heterocycles. The summed E-state index contributed by atoms with van der Waals surface area (Å²) < 4.78 is 1.70. The van der Waals surface area contributed by atoms with Gasteiger partial charge in [0.25, 0.3) is 11.8 Å². The molecule has 0 radical (unpaired) electrons. The number of aromatic nitrogens is 3. The van der Waals surface area contributed by atoms with E-state index in [0.717, 1.165) is 16.8 Å². The van der Waals surface area contributed by atoms with E-state index in [9.17, 15) is 14.4 Å². The molecular formula is C25H28N6O3. The third kappa shape index (κ3) is 4.98. The van der Waals surface area contributed by atoms with Gasteiger partial charge in [-0.15, -0.1) is 5.10 Å². The van der Waals surface area contributed by atoms with E-state index >= 15 is 0 Å². The Morgan fingerprint density at radius 1 is 1.12 bits per heavy atom. The van der Waals surface area contributed by atoms with Crippen molar-refractivity contribution >= 4 is 17.7 Å². The number of nitrogens with zero attached hydrogens (tertiary/aromatic N) is 4. The predicted octanol–water partition coefficient (Wildman–Crippen LogP) is 2.20. The van der Waals surface area contributed by atoms with Crippen LogP contribution in [0.2, 0.25) is 0 Å². The Bertz CT molecular complexity index is 1220. The Kier molecular flexibility index (Phi) is 6.72. The fourth-order valence-corrected chi connectivity index (χ4v) is 3.90. The standard InChI is InChI=1S/C25H28N6O3/c1-16(2)20-6-4-5-7-21(20)31-17(3)28-23(29-31)24(33)27-14-18-8-10-19(11-9-18)25(34)30-13-12-26-22(32)15-30/h4-11,16H,12-15H2,1-3H3,(H,26,32)(H,27,33). The molecule has 0 atom stereocenters. The minimum absolute atomic E-state index is 0.0668. The van der Waals surface area contributed by atoms with Crippen LogP contribution in [0.5, 0.6) is 0 Å². The topological polar surface area (TPSA) is 109 Å². The smallest absolute Gasteiger partial charge is 0.291 e. The van der Waals surface area contributed by atoms with Crippen molar-refractivity contribution in [3.8, 4) is 5.69 Å². The molecule has 0 unspecified atom stereocenters. The normalized spacial score (nSPS) is 13.6. The van der Waals surface area contributed by atoms with Crippen LogP contribution in [-0.4, -0.2) is 57.0 Å². The van der Waals surface area contributed by atoms with Crippen LogP contribution < -0.4 is 10.6 Å². The molecule has 9 nitrogen and oxygen atoms in total. The van der Waals surface area contributed by atoms with Gasteiger partial charge in [0.1, 0.15) is 5.82 Å². The monoisotopic (exact) mass is 460 g/mol. The van der Waals surface area contributed by atoms with Crippen molar-refractivity contribution < 1.29 is 14.4 Å². The summed E-state index contributed by atoms with van der Waals surface area (Å²) in [6.45, 7) is 7.33. The fraction of sp³-hybridized carbons (Fsp3) is 0.320. The molecule has 0 bridgehead atoms. The third-order valence-electron chi connectivity index (χ3n) is 5.74. The summed E-state index contributed by atoms with van der Waals surface area (Å²) in [5.74, 6) is 0.330. The van der Waals surface area contributed by atoms with Gasteiger partial charge in [0.2, 0.25) is 11.7 Å². The Morgan fingerprint density at radius 2 is 1.85 bits per heavy atom. The molecule has 9 heteroatoms. The van der Waals surface area contributed by atoms with Crippen LogP contribution in [0, 0.1) is 6.92 Å². The van der Waals surface area contributed by atoms with E-state index in [1.165, 1.54) is 4.90 Å². The highest BCUT2D eigenvalue weighted by Crippen LogP contribution is 2.23. The van der Waals surface area contributed by atoms with Crippen molar-refractivity contribution in [3.63, 3.8) is 0 Å². The molecule has 2 aromatic carbocycles. The van der Waals surface area contributed by atoms with E-state index in [2.05, 4.69) is 40.6 Å². The van der Waals surface area contributed by atoms with Gasteiger partial charge in [-0.1, -0.05) is 44.2 Å². The van der Waals surface area contributed by atoms with E-state index in [-0.39, 0.29) is 36.6 Å². The van der Waals surface area contributed by atoms with Gasteiger partial charge >= 0.3 is 0 Å². The minimum Gasteiger partial charge on any atom is -0.353 e. The third-order valence-corrected chi connectivity index (χ3v) is 5.74. The lowest BCUT2D eigenvalue weighted by molar-refractivity contribution is -0.123. The molecule has 176 valence electrons. The molecule has 3 amide bonds. The van der Waals surface area contributed by atoms with Crippen LogP contribution in [0.1, 0.15) is 57.7 Å². The van der Waals surface area contributed by atoms with Crippen LogP contribution in [-0.2, 0) is 11.3 Å². The summed E-state index contributed by atoms with van der Waals surface area (Å²) in [4.78, 5) is 42.7. The van der Waals surface area contributed by atoms with Gasteiger partial charge in [-0.25, -0.2) is 9.67 Å². The average molecular weight is 461 g/mol. The van der Waals surface area contributed by atoms with Gasteiger partial charge in [0.15, 0.2) is 0 Å². The van der Waals surface area contributed by atoms with Crippen molar-refractivity contribution in [3.05, 3.63) is 76.9 Å². The van der Waals surface area contributed by atoms with Crippen LogP contribution in [0.15, 0.2) is 48.5 Å². The van der Waals surface area contributed by atoms with Gasteiger partial charge < -0.3 is 15.5 Å². The zero-order valence-corrected chi connectivity index (χ0v) is 19.5. The van der Waals surface area contributed by atoms with Crippen molar-refractivity contribution in [2.45, 2.75) is 33.2 Å². The lowest BCUT2D eigenvalue weighted by Crippen LogP contribution is -2.49. The zero-order valence-electron chi connectivity index (χ0n) is 19.5. The summed E-state index contributed by atoms with van der Waals surface area (Å²) in [5, 5.41) is 9.98. The van der Waals surface area contributed by atoms with Gasteiger partial charge in [-0.05, 0) is 42.2 Å². The number of rotatable bonds is 6. The summed E-state index contributed by atoms with van der Waals surface area (Å²) in [5.41, 5.74) is 3.38. The summed E-state index contributed by atoms with van der Waals surface area (Å²) >= 11 is 0. The molecule has 1 aromatic heterocycles. The SMILES string of the molecule is Cc1nc(C(=O)NCc2ccc(C(=O)N3CCNC(=O)C3)cc2)nn1-c1ccccc1C(C)C. The molecule has 2 N–H and O–H groups in total. The van der Waals surface area contributed by atoms with E-state index in [4.69, 9.17) is 0 Å². The van der Waals surface area contributed by atoms with E-state index < -0.39 is 0 Å². The Balaban J connectivity index is 1.40. The van der Waals surface area contributed by atoms with Crippen LogP contribution in [0.3, 0.4) is 0 Å². The van der Waals surface area contributed by atoms with Crippen molar-refractivity contribution in [2.75, 3.05) is 19.6 Å². The summed E-state index contributed by atoms with van der Waals surface area (Å²) in [6, 6.07) is 14.9. The lowest BCUT2D eigenvalue weighted by Gasteiger charge is -2.26. The molecule has 34 heavy (non-hydrogen) atoms. The number of hydrogen-bond donors (Lipinski definition) is 2. The lowest BCUT2D eigenvalue weighted by atomic mass is 10.0. The van der Waals surface area contributed by atoms with Crippen LogP contribution in [0.4, 0.5) is 0 Å². The first-order chi connectivity index (χ1) is 16.3. The van der Waals surface area contributed by atoms with Gasteiger partial charge in [-0.3, -0.25) is 14.4 Å². The molecule has 4 rings (SSSR count). The maximum Gasteiger partial charge on any atom is 0.291 e. The summed E-state index contributed by atoms with van der Waals surface area (Å²) in [6.07, 6.45) is 0. The average Bonchev–Trinajstić information content (AvgIpc) is 3.24. The number of amides is 3. The first-order valence-corrected chi connectivity index (χ1v) is 11.3. The van der Waals surface area contributed by atoms with E-state index in [1.807, 2.05) is 25.1 Å². The molecular weight excluding hydrogens is 432 g/mol. The Labute approximate surface area is 198 Å². The number of carbonyl (C=O) groups is 3. The highest BCUT2D eigenvalue weighted by molar-refractivity contribution is 5.97. The highest BCUT2D eigenvalue weighted by Gasteiger charge is 2.22. The number of hydrogen-bond acceptors (Lipinski definition) is 5. The molecule has 0 saturated carbocycles. The fourth-order valence-electron chi connectivity index (χ4n) is 3.90. The number of nitrogens with one attached hydrogen (secondary N) is 2. The van der Waals surface area contributed by atoms with Crippen molar-refractivity contribution in [2.24, 2.45) is 0 Å². The first kappa shape index (κ1) is 23.2. The van der Waals surface area contributed by atoms with Gasteiger partial charge in [-0.2, -0.15) is 0 Å². The highest BCUT2D eigenvalue weighted by atomic mass is 16.2. The summed E-state index contributed by atoms with van der Waals surface area (Å²) in [7, 11) is 0. The Morgan fingerprint density at radius 3 is 2.56 bits per heavy atom. The van der Waals surface area contributed by atoms with Gasteiger partial charge in [0.05, 0.1) is 12.2 Å². The number of benzene rings is 2. The maximum atomic E-state index is 12.7. The molecule has 1 aliphatic rings. The second-order valence-corrected chi connectivity index (χ2v) is 8.56. The van der Waals surface area contributed by atoms with Gasteiger partial charge in [0, 0.05) is 25.2 Å². The number of carbonyl (C=O) groups excluding carboxylic acids is 3. The largest absolute Gasteiger partial charge is 0.353 e.